The van der Waals surface area contributed by atoms with Crippen LogP contribution >= 0.6 is 22.6 Å². The summed E-state index contributed by atoms with van der Waals surface area (Å²) in [6, 6.07) is 0. The molecule has 14 heavy (non-hydrogen) atoms. The molecule has 0 aliphatic carbocycles. The highest BCUT2D eigenvalue weighted by Crippen LogP contribution is 2.07. The van der Waals surface area contributed by atoms with Gasteiger partial charge in [-0.2, -0.15) is 0 Å². The molecule has 0 saturated heterocycles. The van der Waals surface area contributed by atoms with Crippen LogP contribution in [0.15, 0.2) is 0 Å². The summed E-state index contributed by atoms with van der Waals surface area (Å²) in [6.45, 7) is 4.29. The van der Waals surface area contributed by atoms with Gasteiger partial charge < -0.3 is 14.8 Å². The molecule has 0 atom stereocenters. The largest absolute Gasteiger partial charge is 0.447 e. The van der Waals surface area contributed by atoms with Gasteiger partial charge in [0.05, 0.1) is 6.61 Å². The summed E-state index contributed by atoms with van der Waals surface area (Å²) in [6.07, 6.45) is -0.452. The van der Waals surface area contributed by atoms with E-state index >= 15 is 0 Å². The Morgan fingerprint density at radius 1 is 1.50 bits per heavy atom. The molecule has 0 heterocycles. The summed E-state index contributed by atoms with van der Waals surface area (Å²) in [5.74, 6) is 2.88. The maximum Gasteiger partial charge on any atom is 0.406 e. The van der Waals surface area contributed by atoms with Gasteiger partial charge >= 0.3 is 6.09 Å². The lowest BCUT2D eigenvalue weighted by Gasteiger charge is -2.18. The van der Waals surface area contributed by atoms with Crippen LogP contribution in [0.3, 0.4) is 0 Å². The van der Waals surface area contributed by atoms with Crippen LogP contribution in [0.1, 0.15) is 13.8 Å². The molecule has 0 aliphatic rings. The number of nitrogens with one attached hydrogen (secondary N) is 1. The van der Waals surface area contributed by atoms with Crippen molar-refractivity contribution < 1.29 is 14.3 Å². The molecule has 80 valence electrons. The van der Waals surface area contributed by atoms with Gasteiger partial charge in [-0.05, 0) is 17.8 Å². The molecule has 4 nitrogen and oxygen atoms in total. The van der Waals surface area contributed by atoms with E-state index in [0.717, 1.165) is 0 Å². The highest BCUT2D eigenvalue weighted by Gasteiger charge is 2.14. The minimum Gasteiger partial charge on any atom is -0.447 e. The fraction of sp³-hybridized carbons (Fsp3) is 0.667. The Morgan fingerprint density at radius 3 is 2.64 bits per heavy atom. The smallest absolute Gasteiger partial charge is 0.406 e. The molecule has 0 spiro atoms. The van der Waals surface area contributed by atoms with E-state index < -0.39 is 11.7 Å². The number of ether oxygens (including phenoxy) is 2. The summed E-state index contributed by atoms with van der Waals surface area (Å²) in [4.78, 5) is 10.6. The standard InChI is InChI=1S/C9H14INO3/c1-9(2,4-5-10)14-7-6-13-8(12)11-3/h6-7H2,1-3H3,(H,11,12). The molecule has 0 fully saturated rings. The minimum atomic E-state index is -0.493. The fourth-order valence-electron chi connectivity index (χ4n) is 0.653. The Kier molecular flexibility index (Phi) is 6.66. The summed E-state index contributed by atoms with van der Waals surface area (Å²) in [7, 11) is 1.51. The first kappa shape index (κ1) is 13.5. The van der Waals surface area contributed by atoms with E-state index in [-0.39, 0.29) is 6.61 Å². The molecule has 1 amide bonds. The van der Waals surface area contributed by atoms with Crippen LogP contribution in [0.25, 0.3) is 0 Å². The number of carbonyl (C=O) groups excluding carboxylic acids is 1. The maximum atomic E-state index is 10.6. The van der Waals surface area contributed by atoms with Gasteiger partial charge in [0.15, 0.2) is 0 Å². The average Bonchev–Trinajstić information content (AvgIpc) is 2.12. The molecule has 1 N–H and O–H groups in total. The minimum absolute atomic E-state index is 0.228. The van der Waals surface area contributed by atoms with E-state index in [0.29, 0.717) is 6.61 Å². The van der Waals surface area contributed by atoms with Gasteiger partial charge in [0, 0.05) is 29.6 Å². The number of amides is 1. The van der Waals surface area contributed by atoms with Gasteiger partial charge in [-0.3, -0.25) is 0 Å². The van der Waals surface area contributed by atoms with Crippen LogP contribution in [-0.2, 0) is 9.47 Å². The Balaban J connectivity index is 3.62. The Hall–Kier alpha value is -0.480. The van der Waals surface area contributed by atoms with Gasteiger partial charge in [-0.15, -0.1) is 0 Å². The molecule has 0 aromatic rings. The van der Waals surface area contributed by atoms with Crippen LogP contribution in [-0.4, -0.2) is 32.0 Å². The molecule has 0 rings (SSSR count). The van der Waals surface area contributed by atoms with Crippen molar-refractivity contribution in [2.75, 3.05) is 20.3 Å². The summed E-state index contributed by atoms with van der Waals surface area (Å²) < 4.78 is 12.9. The van der Waals surface area contributed by atoms with E-state index in [4.69, 9.17) is 9.47 Å². The second kappa shape index (κ2) is 6.90. The molecule has 0 unspecified atom stereocenters. The SMILES string of the molecule is CNC(=O)OCCOC(C)(C)C#CI. The van der Waals surface area contributed by atoms with Gasteiger partial charge in [0.1, 0.15) is 12.2 Å². The predicted octanol–water partition coefficient (Wildman–Crippen LogP) is 1.53. The normalized spacial score (nSPS) is 10.0. The molecule has 0 aromatic heterocycles. The van der Waals surface area contributed by atoms with E-state index in [9.17, 15) is 4.79 Å². The van der Waals surface area contributed by atoms with E-state index in [1.165, 1.54) is 7.05 Å². The van der Waals surface area contributed by atoms with Crippen LogP contribution in [0, 0.1) is 9.85 Å². The second-order valence-corrected chi connectivity index (χ2v) is 3.50. The first-order valence-electron chi connectivity index (χ1n) is 4.13. The monoisotopic (exact) mass is 311 g/mol. The third-order valence-electron chi connectivity index (χ3n) is 1.33. The number of halogens is 1. The molecular formula is C9H14INO3. The van der Waals surface area contributed by atoms with Crippen LogP contribution in [0.5, 0.6) is 0 Å². The van der Waals surface area contributed by atoms with Crippen LogP contribution in [0.2, 0.25) is 0 Å². The first-order chi connectivity index (χ1) is 6.52. The average molecular weight is 311 g/mol. The molecule has 0 aromatic carbocycles. The fourth-order valence-corrected chi connectivity index (χ4v) is 1.30. The molecule has 0 aliphatic heterocycles. The lowest BCUT2D eigenvalue weighted by Crippen LogP contribution is -2.26. The number of alkyl carbamates (subject to hydrolysis) is 1. The van der Waals surface area contributed by atoms with Crippen molar-refractivity contribution in [2.45, 2.75) is 19.4 Å². The van der Waals surface area contributed by atoms with Crippen molar-refractivity contribution in [2.24, 2.45) is 0 Å². The summed E-state index contributed by atoms with van der Waals surface area (Å²) in [5.41, 5.74) is -0.493. The first-order valence-corrected chi connectivity index (χ1v) is 5.21. The van der Waals surface area contributed by atoms with Gasteiger partial charge in [-0.1, -0.05) is 5.92 Å². The van der Waals surface area contributed by atoms with Gasteiger partial charge in [0.2, 0.25) is 0 Å². The van der Waals surface area contributed by atoms with E-state index in [1.807, 2.05) is 36.4 Å². The van der Waals surface area contributed by atoms with E-state index in [2.05, 4.69) is 15.2 Å². The Labute approximate surface area is 97.9 Å². The lowest BCUT2D eigenvalue weighted by molar-refractivity contribution is 0.00152. The lowest BCUT2D eigenvalue weighted by atomic mass is 10.1. The molecule has 0 saturated carbocycles. The van der Waals surface area contributed by atoms with Crippen molar-refractivity contribution in [3.8, 4) is 9.85 Å². The summed E-state index contributed by atoms with van der Waals surface area (Å²) >= 11 is 1.95. The molecule has 0 bridgehead atoms. The predicted molar refractivity (Wildman–Crippen MR) is 62.2 cm³/mol. The van der Waals surface area contributed by atoms with Crippen molar-refractivity contribution >= 4 is 28.7 Å². The highest BCUT2D eigenvalue weighted by molar-refractivity contribution is 14.1. The third-order valence-corrected chi connectivity index (χ3v) is 1.60. The number of hydrogen-bond donors (Lipinski definition) is 1. The van der Waals surface area contributed by atoms with Crippen molar-refractivity contribution in [1.82, 2.24) is 5.32 Å². The van der Waals surface area contributed by atoms with Crippen LogP contribution in [0.4, 0.5) is 4.79 Å². The third kappa shape index (κ3) is 6.97. The quantitative estimate of drug-likeness (QED) is 0.487. The number of carbonyl (C=O) groups is 1. The van der Waals surface area contributed by atoms with Gasteiger partial charge in [-0.25, -0.2) is 4.79 Å². The van der Waals surface area contributed by atoms with Crippen molar-refractivity contribution in [1.29, 1.82) is 0 Å². The van der Waals surface area contributed by atoms with Crippen molar-refractivity contribution in [3.63, 3.8) is 0 Å². The topological polar surface area (TPSA) is 47.6 Å². The molecular weight excluding hydrogens is 297 g/mol. The number of rotatable bonds is 4. The zero-order valence-electron chi connectivity index (χ0n) is 8.52. The number of hydrogen-bond acceptors (Lipinski definition) is 3. The molecule has 0 radical (unpaired) electrons. The van der Waals surface area contributed by atoms with E-state index in [1.54, 1.807) is 0 Å². The highest BCUT2D eigenvalue weighted by atomic mass is 127. The second-order valence-electron chi connectivity index (χ2n) is 2.96. The zero-order chi connectivity index (χ0) is 11.0. The molecule has 5 heteroatoms. The Bertz CT molecular complexity index is 242. The van der Waals surface area contributed by atoms with Crippen LogP contribution < -0.4 is 5.32 Å². The summed E-state index contributed by atoms with van der Waals surface area (Å²) in [5, 5.41) is 2.34. The van der Waals surface area contributed by atoms with Crippen molar-refractivity contribution in [3.05, 3.63) is 0 Å². The zero-order valence-corrected chi connectivity index (χ0v) is 10.7. The van der Waals surface area contributed by atoms with Gasteiger partial charge in [0.25, 0.3) is 0 Å². The maximum absolute atomic E-state index is 10.6. The Morgan fingerprint density at radius 2 is 2.14 bits per heavy atom.